The molecule has 0 spiro atoms. The second-order valence-corrected chi connectivity index (χ2v) is 8.45. The van der Waals surface area contributed by atoms with Crippen LogP contribution in [0.4, 0.5) is 0 Å². The Balaban J connectivity index is 1.79. The highest BCUT2D eigenvalue weighted by Gasteiger charge is 2.33. The molecule has 1 aromatic carbocycles. The zero-order chi connectivity index (χ0) is 15.1. The van der Waals surface area contributed by atoms with Gasteiger partial charge >= 0.3 is 0 Å². The van der Waals surface area contributed by atoms with Crippen LogP contribution >= 0.6 is 11.6 Å². The van der Waals surface area contributed by atoms with Gasteiger partial charge in [0.1, 0.15) is 0 Å². The summed E-state index contributed by atoms with van der Waals surface area (Å²) in [6.07, 6.45) is 9.81. The molecule has 0 amide bonds. The molecule has 116 valence electrons. The summed E-state index contributed by atoms with van der Waals surface area (Å²) in [6.45, 7) is 4.76. The summed E-state index contributed by atoms with van der Waals surface area (Å²) in [7, 11) is 0. The van der Waals surface area contributed by atoms with Gasteiger partial charge in [-0.05, 0) is 67.1 Å². The van der Waals surface area contributed by atoms with Gasteiger partial charge in [0.05, 0.1) is 0 Å². The number of halogens is 1. The molecule has 1 aromatic rings. The third-order valence-corrected chi connectivity index (χ3v) is 6.18. The van der Waals surface area contributed by atoms with Crippen LogP contribution in [0.25, 0.3) is 0 Å². The van der Waals surface area contributed by atoms with Gasteiger partial charge in [-0.1, -0.05) is 50.4 Å². The van der Waals surface area contributed by atoms with Crippen LogP contribution in [0.1, 0.15) is 82.3 Å². The minimum absolute atomic E-state index is 0.128. The molecule has 0 aliphatic heterocycles. The molecule has 1 nitrogen and oxygen atoms in total. The fourth-order valence-electron chi connectivity index (χ4n) is 4.17. The molecule has 2 fully saturated rings. The fourth-order valence-corrected chi connectivity index (χ4v) is 4.51. The first-order valence-electron chi connectivity index (χ1n) is 8.49. The van der Waals surface area contributed by atoms with Gasteiger partial charge in [0.15, 0.2) is 0 Å². The van der Waals surface area contributed by atoms with Crippen LogP contribution in [0.2, 0.25) is 5.02 Å². The van der Waals surface area contributed by atoms with Gasteiger partial charge in [-0.3, -0.25) is 0 Å². The summed E-state index contributed by atoms with van der Waals surface area (Å²) in [5, 5.41) is 0.939. The second-order valence-electron chi connectivity index (χ2n) is 8.04. The number of benzene rings is 1. The first-order chi connectivity index (χ1) is 9.90. The van der Waals surface area contributed by atoms with E-state index in [4.69, 9.17) is 17.3 Å². The Hall–Kier alpha value is -0.530. The molecule has 2 heteroatoms. The topological polar surface area (TPSA) is 26.0 Å². The second kappa shape index (κ2) is 5.59. The van der Waals surface area contributed by atoms with E-state index in [1.54, 1.807) is 0 Å². The molecule has 0 bridgehead atoms. The molecule has 2 aliphatic rings. The van der Waals surface area contributed by atoms with Crippen molar-refractivity contribution >= 4 is 11.6 Å². The highest BCUT2D eigenvalue weighted by Crippen LogP contribution is 2.45. The van der Waals surface area contributed by atoms with E-state index in [2.05, 4.69) is 32.0 Å². The van der Waals surface area contributed by atoms with Crippen molar-refractivity contribution in [3.8, 4) is 0 Å². The molecule has 0 atom stereocenters. The number of nitrogens with two attached hydrogens (primary N) is 1. The lowest BCUT2D eigenvalue weighted by molar-refractivity contribution is 0.224. The SMILES string of the molecule is CC1(C)CCC(c2ccc(C3(N)CCCC3)cc2Cl)CC1. The van der Waals surface area contributed by atoms with Crippen molar-refractivity contribution in [3.05, 3.63) is 34.3 Å². The molecule has 0 unspecified atom stereocenters. The van der Waals surface area contributed by atoms with Crippen molar-refractivity contribution in [3.63, 3.8) is 0 Å². The van der Waals surface area contributed by atoms with E-state index in [1.807, 2.05) is 0 Å². The van der Waals surface area contributed by atoms with E-state index in [1.165, 1.54) is 49.7 Å². The molecule has 2 saturated carbocycles. The van der Waals surface area contributed by atoms with Gasteiger partial charge in [-0.15, -0.1) is 0 Å². The molecular formula is C19H28ClN. The molecular weight excluding hydrogens is 278 g/mol. The molecule has 0 aromatic heterocycles. The monoisotopic (exact) mass is 305 g/mol. The average molecular weight is 306 g/mol. The highest BCUT2D eigenvalue weighted by molar-refractivity contribution is 6.31. The maximum Gasteiger partial charge on any atom is 0.0444 e. The lowest BCUT2D eigenvalue weighted by Gasteiger charge is -2.35. The summed E-state index contributed by atoms with van der Waals surface area (Å²) in [5.74, 6) is 0.636. The van der Waals surface area contributed by atoms with E-state index < -0.39 is 0 Å². The van der Waals surface area contributed by atoms with Crippen molar-refractivity contribution in [1.29, 1.82) is 0 Å². The fraction of sp³-hybridized carbons (Fsp3) is 0.684. The Kier molecular flexibility index (Phi) is 4.09. The summed E-state index contributed by atoms with van der Waals surface area (Å²) < 4.78 is 0. The summed E-state index contributed by atoms with van der Waals surface area (Å²) in [6, 6.07) is 6.65. The van der Waals surface area contributed by atoms with Crippen molar-refractivity contribution in [2.75, 3.05) is 0 Å². The van der Waals surface area contributed by atoms with E-state index in [0.29, 0.717) is 11.3 Å². The highest BCUT2D eigenvalue weighted by atomic mass is 35.5. The largest absolute Gasteiger partial charge is 0.321 e. The van der Waals surface area contributed by atoms with Crippen molar-refractivity contribution in [2.24, 2.45) is 11.1 Å². The van der Waals surface area contributed by atoms with Gasteiger partial charge in [0.25, 0.3) is 0 Å². The summed E-state index contributed by atoms with van der Waals surface area (Å²) >= 11 is 6.62. The zero-order valence-corrected chi connectivity index (χ0v) is 14.2. The van der Waals surface area contributed by atoms with Crippen LogP contribution in [0.3, 0.4) is 0 Å². The van der Waals surface area contributed by atoms with Gasteiger partial charge < -0.3 is 5.73 Å². The average Bonchev–Trinajstić information content (AvgIpc) is 2.87. The molecule has 2 aliphatic carbocycles. The Morgan fingerprint density at radius 3 is 2.24 bits per heavy atom. The normalized spacial score (nSPS) is 25.1. The minimum atomic E-state index is -0.128. The van der Waals surface area contributed by atoms with E-state index in [9.17, 15) is 0 Å². The predicted octanol–water partition coefficient (Wildman–Crippen LogP) is 5.75. The van der Waals surface area contributed by atoms with Crippen LogP contribution in [-0.2, 0) is 5.54 Å². The van der Waals surface area contributed by atoms with E-state index in [-0.39, 0.29) is 5.54 Å². The molecule has 0 saturated heterocycles. The Labute approximate surface area is 134 Å². The lowest BCUT2D eigenvalue weighted by atomic mass is 9.71. The smallest absolute Gasteiger partial charge is 0.0444 e. The Morgan fingerprint density at radius 2 is 1.67 bits per heavy atom. The third-order valence-electron chi connectivity index (χ3n) is 5.85. The number of hydrogen-bond donors (Lipinski definition) is 1. The first-order valence-corrected chi connectivity index (χ1v) is 8.86. The van der Waals surface area contributed by atoms with Crippen LogP contribution < -0.4 is 5.73 Å². The van der Waals surface area contributed by atoms with Gasteiger partial charge in [0, 0.05) is 10.6 Å². The third kappa shape index (κ3) is 3.14. The zero-order valence-electron chi connectivity index (χ0n) is 13.4. The maximum atomic E-state index is 6.62. The van der Waals surface area contributed by atoms with Crippen molar-refractivity contribution in [2.45, 2.75) is 76.7 Å². The molecule has 3 rings (SSSR count). The van der Waals surface area contributed by atoms with Gasteiger partial charge in [-0.25, -0.2) is 0 Å². The molecule has 0 radical (unpaired) electrons. The molecule has 2 N–H and O–H groups in total. The van der Waals surface area contributed by atoms with Crippen LogP contribution in [-0.4, -0.2) is 0 Å². The molecule has 0 heterocycles. The minimum Gasteiger partial charge on any atom is -0.321 e. The predicted molar refractivity (Wildman–Crippen MR) is 90.8 cm³/mol. The number of hydrogen-bond acceptors (Lipinski definition) is 1. The lowest BCUT2D eigenvalue weighted by Crippen LogP contribution is -2.33. The van der Waals surface area contributed by atoms with Crippen LogP contribution in [0, 0.1) is 5.41 Å². The summed E-state index contributed by atoms with van der Waals surface area (Å²) in [5.41, 5.74) is 9.52. The maximum absolute atomic E-state index is 6.62. The van der Waals surface area contributed by atoms with Gasteiger partial charge in [0.2, 0.25) is 0 Å². The van der Waals surface area contributed by atoms with Crippen LogP contribution in [0.5, 0.6) is 0 Å². The van der Waals surface area contributed by atoms with Gasteiger partial charge in [-0.2, -0.15) is 0 Å². The quantitative estimate of drug-likeness (QED) is 0.739. The van der Waals surface area contributed by atoms with E-state index >= 15 is 0 Å². The Bertz CT molecular complexity index is 504. The first kappa shape index (κ1) is 15.4. The molecule has 21 heavy (non-hydrogen) atoms. The standard InChI is InChI=1S/C19H28ClN/c1-18(2)11-7-14(8-12-18)16-6-5-15(13-17(16)20)19(21)9-3-4-10-19/h5-6,13-14H,3-4,7-12,21H2,1-2H3. The Morgan fingerprint density at radius 1 is 1.05 bits per heavy atom. The van der Waals surface area contributed by atoms with E-state index in [0.717, 1.165) is 17.9 Å². The number of rotatable bonds is 2. The van der Waals surface area contributed by atoms with Crippen molar-refractivity contribution in [1.82, 2.24) is 0 Å². The summed E-state index contributed by atoms with van der Waals surface area (Å²) in [4.78, 5) is 0. The van der Waals surface area contributed by atoms with Crippen molar-refractivity contribution < 1.29 is 0 Å². The van der Waals surface area contributed by atoms with Crippen LogP contribution in [0.15, 0.2) is 18.2 Å².